The average molecular weight is 394 g/mol. The number of likely N-dealkylation sites (tertiary alicyclic amines) is 1. The molecular formula is C25H31NO3. The molecule has 1 unspecified atom stereocenters. The van der Waals surface area contributed by atoms with Gasteiger partial charge in [0, 0.05) is 24.9 Å². The number of aryl methyl sites for hydroxylation is 1. The number of hydrogen-bond acceptors (Lipinski definition) is 3. The Kier molecular flexibility index (Phi) is 5.91. The van der Waals surface area contributed by atoms with E-state index in [9.17, 15) is 9.90 Å². The smallest absolute Gasteiger partial charge is 0.223 e. The minimum atomic E-state index is -0.828. The second-order valence-corrected chi connectivity index (χ2v) is 8.40. The van der Waals surface area contributed by atoms with Crippen LogP contribution in [0, 0.1) is 5.92 Å². The number of carbonyl (C=O) groups excluding carboxylic acids is 1. The average Bonchev–Trinajstić information content (AvgIpc) is 2.78. The summed E-state index contributed by atoms with van der Waals surface area (Å²) in [6.07, 6.45) is 5.99. The van der Waals surface area contributed by atoms with Gasteiger partial charge in [0.25, 0.3) is 0 Å². The van der Waals surface area contributed by atoms with Gasteiger partial charge >= 0.3 is 0 Å². The van der Waals surface area contributed by atoms with Crippen LogP contribution in [0.2, 0.25) is 0 Å². The van der Waals surface area contributed by atoms with E-state index in [0.717, 1.165) is 42.6 Å². The Bertz CT molecular complexity index is 837. The van der Waals surface area contributed by atoms with Gasteiger partial charge < -0.3 is 14.7 Å². The fourth-order valence-corrected chi connectivity index (χ4v) is 5.37. The van der Waals surface area contributed by atoms with E-state index < -0.39 is 5.60 Å². The van der Waals surface area contributed by atoms with Crippen molar-refractivity contribution in [3.8, 4) is 5.75 Å². The number of hydrogen-bond donors (Lipinski definition) is 1. The molecule has 0 aromatic heterocycles. The maximum absolute atomic E-state index is 13.2. The van der Waals surface area contributed by atoms with Gasteiger partial charge in [-0.25, -0.2) is 0 Å². The van der Waals surface area contributed by atoms with E-state index in [2.05, 4.69) is 4.90 Å². The highest BCUT2D eigenvalue weighted by Crippen LogP contribution is 2.47. The van der Waals surface area contributed by atoms with Gasteiger partial charge in [-0.2, -0.15) is 0 Å². The number of aliphatic hydroxyl groups is 1. The summed E-state index contributed by atoms with van der Waals surface area (Å²) >= 11 is 0. The number of fused-ring (bicyclic) bond motifs is 1. The zero-order chi connectivity index (χ0) is 20.3. The van der Waals surface area contributed by atoms with Crippen molar-refractivity contribution in [2.75, 3.05) is 13.7 Å². The molecule has 1 aliphatic carbocycles. The van der Waals surface area contributed by atoms with Gasteiger partial charge in [0.15, 0.2) is 0 Å². The molecule has 1 N–H and O–H groups in total. The number of ether oxygens (including phenoxy) is 1. The van der Waals surface area contributed by atoms with Crippen molar-refractivity contribution in [2.24, 2.45) is 5.92 Å². The molecular weight excluding hydrogens is 362 g/mol. The highest BCUT2D eigenvalue weighted by molar-refractivity contribution is 5.77. The first-order chi connectivity index (χ1) is 14.1. The van der Waals surface area contributed by atoms with E-state index in [-0.39, 0.29) is 17.9 Å². The number of methoxy groups -OCH3 is 1. The maximum Gasteiger partial charge on any atom is 0.223 e. The van der Waals surface area contributed by atoms with E-state index in [1.165, 1.54) is 0 Å². The quantitative estimate of drug-likeness (QED) is 0.824. The van der Waals surface area contributed by atoms with E-state index >= 15 is 0 Å². The standard InChI is InChI=1S/C25H31NO3/c1-29-23-14-8-5-9-19(23)15-16-24(27)26-18-17-25(28,20-10-3-2-4-11-20)21-12-6-7-13-22(21)26/h2-5,8-11,14,21-22,28H,6-7,12-13,15-18H2,1H3/t21-,22+,25?/m1/s1. The van der Waals surface area contributed by atoms with Gasteiger partial charge in [-0.05, 0) is 42.9 Å². The molecule has 2 fully saturated rings. The summed E-state index contributed by atoms with van der Waals surface area (Å²) < 4.78 is 5.43. The fraction of sp³-hybridized carbons (Fsp3) is 0.480. The molecule has 1 amide bonds. The number of rotatable bonds is 5. The van der Waals surface area contributed by atoms with Gasteiger partial charge in [0.1, 0.15) is 5.75 Å². The first-order valence-electron chi connectivity index (χ1n) is 10.8. The summed E-state index contributed by atoms with van der Waals surface area (Å²) in [4.78, 5) is 15.2. The SMILES string of the molecule is COc1ccccc1CCC(=O)N1CCC(O)(c2ccccc2)[C@@H]2CCCC[C@@H]21. The first-order valence-corrected chi connectivity index (χ1v) is 10.8. The number of benzene rings is 2. The van der Waals surface area contributed by atoms with Gasteiger partial charge in [-0.3, -0.25) is 4.79 Å². The second kappa shape index (κ2) is 8.58. The summed E-state index contributed by atoms with van der Waals surface area (Å²) in [6.45, 7) is 0.622. The molecule has 0 bridgehead atoms. The lowest BCUT2D eigenvalue weighted by atomic mass is 9.66. The van der Waals surface area contributed by atoms with Gasteiger partial charge in [0.2, 0.25) is 5.91 Å². The summed E-state index contributed by atoms with van der Waals surface area (Å²) in [6, 6.07) is 18.1. The maximum atomic E-state index is 13.2. The van der Waals surface area contributed by atoms with Crippen LogP contribution >= 0.6 is 0 Å². The molecule has 2 aliphatic rings. The molecule has 3 atom stereocenters. The molecule has 2 aromatic carbocycles. The predicted molar refractivity (Wildman–Crippen MR) is 114 cm³/mol. The lowest BCUT2D eigenvalue weighted by molar-refractivity contribution is -0.154. The van der Waals surface area contributed by atoms with Crippen LogP contribution in [0.5, 0.6) is 5.75 Å². The highest BCUT2D eigenvalue weighted by atomic mass is 16.5. The van der Waals surface area contributed by atoms with Gasteiger partial charge in [0.05, 0.1) is 12.7 Å². The highest BCUT2D eigenvalue weighted by Gasteiger charge is 2.50. The van der Waals surface area contributed by atoms with Crippen molar-refractivity contribution in [3.05, 3.63) is 65.7 Å². The van der Waals surface area contributed by atoms with E-state index in [1.807, 2.05) is 54.6 Å². The molecule has 2 aromatic rings. The Morgan fingerprint density at radius 1 is 1.10 bits per heavy atom. The second-order valence-electron chi connectivity index (χ2n) is 8.40. The lowest BCUT2D eigenvalue weighted by Crippen LogP contribution is -2.59. The van der Waals surface area contributed by atoms with Crippen molar-refractivity contribution >= 4 is 5.91 Å². The minimum absolute atomic E-state index is 0.114. The molecule has 4 rings (SSSR count). The van der Waals surface area contributed by atoms with Crippen molar-refractivity contribution in [3.63, 3.8) is 0 Å². The number of carbonyl (C=O) groups is 1. The number of nitrogens with zero attached hydrogens (tertiary/aromatic N) is 1. The van der Waals surface area contributed by atoms with Gasteiger partial charge in [-0.1, -0.05) is 61.4 Å². The van der Waals surface area contributed by atoms with E-state index in [1.54, 1.807) is 7.11 Å². The van der Waals surface area contributed by atoms with E-state index in [0.29, 0.717) is 25.8 Å². The normalized spacial score (nSPS) is 26.6. The Morgan fingerprint density at radius 3 is 2.62 bits per heavy atom. The van der Waals surface area contributed by atoms with Crippen molar-refractivity contribution in [2.45, 2.75) is 56.6 Å². The summed E-state index contributed by atoms with van der Waals surface area (Å²) in [5.74, 6) is 1.15. The third-order valence-corrected chi connectivity index (χ3v) is 6.87. The topological polar surface area (TPSA) is 49.8 Å². The largest absolute Gasteiger partial charge is 0.496 e. The Balaban J connectivity index is 1.50. The Hall–Kier alpha value is -2.33. The van der Waals surface area contributed by atoms with Crippen LogP contribution in [0.25, 0.3) is 0 Å². The molecule has 4 heteroatoms. The van der Waals surface area contributed by atoms with Crippen molar-refractivity contribution in [1.29, 1.82) is 0 Å². The van der Waals surface area contributed by atoms with Crippen LogP contribution in [-0.4, -0.2) is 35.6 Å². The first kappa shape index (κ1) is 20.0. The molecule has 29 heavy (non-hydrogen) atoms. The zero-order valence-electron chi connectivity index (χ0n) is 17.2. The van der Waals surface area contributed by atoms with Gasteiger partial charge in [-0.15, -0.1) is 0 Å². The lowest BCUT2D eigenvalue weighted by Gasteiger charge is -2.52. The Morgan fingerprint density at radius 2 is 1.83 bits per heavy atom. The van der Waals surface area contributed by atoms with Crippen LogP contribution in [-0.2, 0) is 16.8 Å². The zero-order valence-corrected chi connectivity index (χ0v) is 17.2. The molecule has 154 valence electrons. The number of piperidine rings is 1. The molecule has 4 nitrogen and oxygen atoms in total. The summed E-state index contributed by atoms with van der Waals surface area (Å²) in [7, 11) is 1.67. The van der Waals surface area contributed by atoms with Crippen molar-refractivity contribution < 1.29 is 14.6 Å². The number of amides is 1. The Labute approximate surface area is 173 Å². The van der Waals surface area contributed by atoms with Crippen LogP contribution in [0.4, 0.5) is 0 Å². The monoisotopic (exact) mass is 393 g/mol. The molecule has 0 spiro atoms. The molecule has 1 saturated carbocycles. The van der Waals surface area contributed by atoms with Crippen LogP contribution in [0.3, 0.4) is 0 Å². The van der Waals surface area contributed by atoms with Crippen LogP contribution in [0.1, 0.15) is 49.7 Å². The van der Waals surface area contributed by atoms with Crippen LogP contribution in [0.15, 0.2) is 54.6 Å². The molecule has 1 saturated heterocycles. The van der Waals surface area contributed by atoms with E-state index in [4.69, 9.17) is 4.74 Å². The third-order valence-electron chi connectivity index (χ3n) is 6.87. The third kappa shape index (κ3) is 3.91. The molecule has 0 radical (unpaired) electrons. The fourth-order valence-electron chi connectivity index (χ4n) is 5.37. The molecule has 1 aliphatic heterocycles. The minimum Gasteiger partial charge on any atom is -0.496 e. The summed E-state index contributed by atoms with van der Waals surface area (Å²) in [5.41, 5.74) is 1.24. The number of para-hydroxylation sites is 1. The molecule has 1 heterocycles. The van der Waals surface area contributed by atoms with Crippen molar-refractivity contribution in [1.82, 2.24) is 4.90 Å². The predicted octanol–water partition coefficient (Wildman–Crippen LogP) is 4.31. The van der Waals surface area contributed by atoms with Crippen LogP contribution < -0.4 is 4.74 Å². The summed E-state index contributed by atoms with van der Waals surface area (Å²) in [5, 5.41) is 11.7.